The Morgan fingerprint density at radius 1 is 1.16 bits per heavy atom. The van der Waals surface area contributed by atoms with Crippen molar-refractivity contribution in [2.45, 2.75) is 37.3 Å². The molecule has 2 aliphatic heterocycles. The molecule has 2 N–H and O–H groups in total. The molecule has 1 unspecified atom stereocenters. The van der Waals surface area contributed by atoms with Gasteiger partial charge >= 0.3 is 0 Å². The number of carbonyl (C=O) groups is 1. The Balaban J connectivity index is 0.00000136. The number of nitrogens with zero attached hydrogens (tertiary/aromatic N) is 3. The van der Waals surface area contributed by atoms with Gasteiger partial charge in [0.05, 0.1) is 17.2 Å². The molecule has 0 saturated carbocycles. The Morgan fingerprint density at radius 2 is 1.94 bits per heavy atom. The summed E-state index contributed by atoms with van der Waals surface area (Å²) in [6, 6.07) is 11.8. The summed E-state index contributed by atoms with van der Waals surface area (Å²) in [7, 11) is 0. The van der Waals surface area contributed by atoms with E-state index in [2.05, 4.69) is 20.6 Å². The van der Waals surface area contributed by atoms with Gasteiger partial charge in [-0.05, 0) is 57.0 Å². The smallest absolute Gasteiger partial charge is 0.253 e. The summed E-state index contributed by atoms with van der Waals surface area (Å²) in [6.07, 6.45) is 7.15. The maximum absolute atomic E-state index is 13.0. The average Bonchev–Trinajstić information content (AvgIpc) is 3.20. The number of hydrogen-bond donors (Lipinski definition) is 2. The molecule has 1 spiro atoms. The van der Waals surface area contributed by atoms with Crippen LogP contribution in [0.2, 0.25) is 0 Å². The third-order valence-electron chi connectivity index (χ3n) is 6.10. The van der Waals surface area contributed by atoms with Crippen LogP contribution in [0.1, 0.15) is 36.0 Å². The average molecular weight is 464 g/mol. The number of amides is 1. The number of imidazole rings is 1. The molecule has 2 fully saturated rings. The van der Waals surface area contributed by atoms with Crippen molar-refractivity contribution < 1.29 is 9.53 Å². The van der Waals surface area contributed by atoms with Crippen molar-refractivity contribution in [3.8, 4) is 5.69 Å². The number of rotatable bonds is 3. The predicted molar refractivity (Wildman–Crippen MR) is 125 cm³/mol. The largest absolute Gasteiger partial charge is 0.373 e. The lowest BCUT2D eigenvalue weighted by Gasteiger charge is -2.46. The van der Waals surface area contributed by atoms with Crippen molar-refractivity contribution in [2.75, 3.05) is 19.7 Å². The molecule has 7 nitrogen and oxygen atoms in total. The molecule has 31 heavy (non-hydrogen) atoms. The SMILES string of the molecule is Cl.Cl.O=C(NC1CCCOC12CCNCC2)c1cnc2c(c1)ncn2-c1ccccc1. The first-order chi connectivity index (χ1) is 14.3. The third-order valence-corrected chi connectivity index (χ3v) is 6.10. The fourth-order valence-electron chi connectivity index (χ4n) is 4.52. The minimum Gasteiger partial charge on any atom is -0.373 e. The number of hydrogen-bond acceptors (Lipinski definition) is 5. The van der Waals surface area contributed by atoms with Crippen LogP contribution in [0.25, 0.3) is 16.9 Å². The Hall–Kier alpha value is -2.19. The summed E-state index contributed by atoms with van der Waals surface area (Å²) in [5.41, 5.74) is 2.73. The van der Waals surface area contributed by atoms with Crippen LogP contribution in [0.4, 0.5) is 0 Å². The van der Waals surface area contributed by atoms with Gasteiger partial charge in [0.15, 0.2) is 5.65 Å². The van der Waals surface area contributed by atoms with E-state index in [1.54, 1.807) is 12.5 Å². The number of nitrogens with one attached hydrogen (secondary N) is 2. The summed E-state index contributed by atoms with van der Waals surface area (Å²) in [5, 5.41) is 6.62. The van der Waals surface area contributed by atoms with Crippen LogP contribution in [-0.2, 0) is 4.74 Å². The highest BCUT2D eigenvalue weighted by Crippen LogP contribution is 2.33. The Labute approximate surface area is 193 Å². The zero-order chi connectivity index (χ0) is 19.7. The number of halogens is 2. The maximum Gasteiger partial charge on any atom is 0.253 e. The van der Waals surface area contributed by atoms with Gasteiger partial charge in [0.25, 0.3) is 5.91 Å². The minimum atomic E-state index is -0.244. The van der Waals surface area contributed by atoms with Gasteiger partial charge < -0.3 is 15.4 Å². The first kappa shape index (κ1) is 23.5. The maximum atomic E-state index is 13.0. The molecule has 1 amide bonds. The lowest BCUT2D eigenvalue weighted by molar-refractivity contribution is -0.114. The first-order valence-electron chi connectivity index (χ1n) is 10.3. The van der Waals surface area contributed by atoms with Crippen molar-refractivity contribution >= 4 is 41.9 Å². The number of piperidine rings is 1. The molecular weight excluding hydrogens is 437 g/mol. The van der Waals surface area contributed by atoms with E-state index in [4.69, 9.17) is 4.74 Å². The number of para-hydroxylation sites is 1. The van der Waals surface area contributed by atoms with E-state index in [9.17, 15) is 4.79 Å². The quantitative estimate of drug-likeness (QED) is 0.622. The van der Waals surface area contributed by atoms with Crippen LogP contribution in [0.3, 0.4) is 0 Å². The fraction of sp³-hybridized carbons (Fsp3) is 0.409. The van der Waals surface area contributed by atoms with Crippen molar-refractivity contribution in [1.29, 1.82) is 0 Å². The molecule has 3 aromatic rings. The standard InChI is InChI=1S/C22H25N5O2.2ClH/c28-21(26-19-7-4-12-29-22(19)8-10-23-11-9-22)16-13-18-20(24-14-16)27(15-25-18)17-5-2-1-3-6-17;;/h1-3,5-6,13-15,19,23H,4,7-12H2,(H,26,28);2*1H. The summed E-state index contributed by atoms with van der Waals surface area (Å²) in [5.74, 6) is -0.109. The van der Waals surface area contributed by atoms with E-state index in [1.807, 2.05) is 41.0 Å². The number of benzene rings is 1. The number of carbonyl (C=O) groups excluding carboxylic acids is 1. The van der Waals surface area contributed by atoms with Gasteiger partial charge in [-0.1, -0.05) is 18.2 Å². The zero-order valence-corrected chi connectivity index (χ0v) is 18.8. The van der Waals surface area contributed by atoms with Gasteiger partial charge in [0.2, 0.25) is 0 Å². The Bertz CT molecular complexity index is 1010. The van der Waals surface area contributed by atoms with Gasteiger partial charge in [0, 0.05) is 18.5 Å². The lowest BCUT2D eigenvalue weighted by Crippen LogP contribution is -2.60. The third kappa shape index (κ3) is 4.55. The fourth-order valence-corrected chi connectivity index (χ4v) is 4.52. The number of ether oxygens (including phenoxy) is 1. The number of pyridine rings is 1. The summed E-state index contributed by atoms with van der Waals surface area (Å²) >= 11 is 0. The molecule has 5 rings (SSSR count). The van der Waals surface area contributed by atoms with Crippen LogP contribution in [0.5, 0.6) is 0 Å². The summed E-state index contributed by atoms with van der Waals surface area (Å²) < 4.78 is 8.12. The number of fused-ring (bicyclic) bond motifs is 1. The summed E-state index contributed by atoms with van der Waals surface area (Å²) in [4.78, 5) is 22.0. The molecule has 2 aliphatic rings. The predicted octanol–water partition coefficient (Wildman–Crippen LogP) is 3.30. The van der Waals surface area contributed by atoms with Crippen molar-refractivity contribution in [3.05, 3.63) is 54.5 Å². The van der Waals surface area contributed by atoms with Crippen molar-refractivity contribution in [1.82, 2.24) is 25.2 Å². The molecule has 0 bridgehead atoms. The highest BCUT2D eigenvalue weighted by atomic mass is 35.5. The molecule has 2 aromatic heterocycles. The molecule has 4 heterocycles. The first-order valence-corrected chi connectivity index (χ1v) is 10.3. The van der Waals surface area contributed by atoms with Crippen molar-refractivity contribution in [3.63, 3.8) is 0 Å². The van der Waals surface area contributed by atoms with Crippen molar-refractivity contribution in [2.24, 2.45) is 0 Å². The second kappa shape index (κ2) is 9.96. The molecule has 9 heteroatoms. The van der Waals surface area contributed by atoms with Gasteiger partial charge in [-0.15, -0.1) is 24.8 Å². The highest BCUT2D eigenvalue weighted by Gasteiger charge is 2.43. The van der Waals surface area contributed by atoms with E-state index in [-0.39, 0.29) is 42.4 Å². The van der Waals surface area contributed by atoms with Gasteiger partial charge in [-0.2, -0.15) is 0 Å². The minimum absolute atomic E-state index is 0. The highest BCUT2D eigenvalue weighted by molar-refractivity contribution is 5.96. The monoisotopic (exact) mass is 463 g/mol. The van der Waals surface area contributed by atoms with Crippen LogP contribution < -0.4 is 10.6 Å². The summed E-state index contributed by atoms with van der Waals surface area (Å²) in [6.45, 7) is 2.63. The van der Waals surface area contributed by atoms with Crippen LogP contribution in [-0.4, -0.2) is 51.8 Å². The molecule has 2 saturated heterocycles. The zero-order valence-electron chi connectivity index (χ0n) is 17.1. The van der Waals surface area contributed by atoms with Gasteiger partial charge in [0.1, 0.15) is 11.8 Å². The van der Waals surface area contributed by atoms with E-state index >= 15 is 0 Å². The van der Waals surface area contributed by atoms with Gasteiger partial charge in [-0.25, -0.2) is 9.97 Å². The second-order valence-corrected chi connectivity index (χ2v) is 7.85. The van der Waals surface area contributed by atoms with E-state index in [0.717, 1.165) is 56.7 Å². The molecule has 166 valence electrons. The normalized spacial score (nSPS) is 19.9. The second-order valence-electron chi connectivity index (χ2n) is 7.85. The Morgan fingerprint density at radius 3 is 2.71 bits per heavy atom. The molecule has 1 atom stereocenters. The van der Waals surface area contributed by atoms with Crippen LogP contribution >= 0.6 is 24.8 Å². The topological polar surface area (TPSA) is 81.1 Å². The van der Waals surface area contributed by atoms with Gasteiger partial charge in [-0.3, -0.25) is 9.36 Å². The number of aromatic nitrogens is 3. The molecular formula is C22H27Cl2N5O2. The Kier molecular flexibility index (Phi) is 7.54. The van der Waals surface area contributed by atoms with E-state index in [0.29, 0.717) is 11.1 Å². The molecule has 1 aromatic carbocycles. The van der Waals surface area contributed by atoms with E-state index < -0.39 is 0 Å². The lowest BCUT2D eigenvalue weighted by atomic mass is 9.80. The van der Waals surface area contributed by atoms with E-state index in [1.165, 1.54) is 0 Å². The van der Waals surface area contributed by atoms with Crippen LogP contribution in [0, 0.1) is 0 Å². The molecule has 0 radical (unpaired) electrons. The van der Waals surface area contributed by atoms with Crippen LogP contribution in [0.15, 0.2) is 48.9 Å². The molecule has 0 aliphatic carbocycles.